The van der Waals surface area contributed by atoms with Crippen LogP contribution in [0.25, 0.3) is 0 Å². The molecule has 1 aromatic heterocycles. The number of amides is 4. The number of carbonyl (C=O) groups is 3. The molecule has 4 N–H and O–H groups in total. The standard InChI is InChI=1S/C26H29N5O3/c1-18(2)19-9-11-21(12-10-19)29-26(34)30-22-15-13-20(14-16-22)28-24(32)7-5-8-25(33)31-23-6-3-4-17-27-23/h3-4,6,9-18H,5,7-8H2,1-2H3,(H,28,32)(H,27,31,33)(H2,29,30,34). The number of hydrogen-bond acceptors (Lipinski definition) is 4. The molecule has 0 spiro atoms. The second-order valence-electron chi connectivity index (χ2n) is 8.10. The first kappa shape index (κ1) is 24.4. The minimum absolute atomic E-state index is 0.184. The third-order valence-electron chi connectivity index (χ3n) is 5.00. The Balaban J connectivity index is 1.38. The quantitative estimate of drug-likeness (QED) is 0.334. The Morgan fingerprint density at radius 2 is 1.24 bits per heavy atom. The van der Waals surface area contributed by atoms with Gasteiger partial charge in [-0.1, -0.05) is 32.0 Å². The molecule has 0 atom stereocenters. The molecule has 0 saturated heterocycles. The highest BCUT2D eigenvalue weighted by molar-refractivity contribution is 6.00. The first-order valence-electron chi connectivity index (χ1n) is 11.2. The number of nitrogens with zero attached hydrogens (tertiary/aromatic N) is 1. The van der Waals surface area contributed by atoms with Crippen molar-refractivity contribution in [1.82, 2.24) is 4.98 Å². The predicted octanol–water partition coefficient (Wildman–Crippen LogP) is 5.60. The van der Waals surface area contributed by atoms with Crippen molar-refractivity contribution < 1.29 is 14.4 Å². The molecule has 0 unspecified atom stereocenters. The van der Waals surface area contributed by atoms with Crippen molar-refractivity contribution in [2.45, 2.75) is 39.0 Å². The number of carbonyl (C=O) groups excluding carboxylic acids is 3. The van der Waals surface area contributed by atoms with Gasteiger partial charge in [-0.15, -0.1) is 0 Å². The number of hydrogen-bond donors (Lipinski definition) is 4. The molecule has 1 heterocycles. The number of urea groups is 1. The summed E-state index contributed by atoms with van der Waals surface area (Å²) in [7, 11) is 0. The maximum atomic E-state index is 12.2. The molecule has 4 amide bonds. The second kappa shape index (κ2) is 12.2. The van der Waals surface area contributed by atoms with Crippen molar-refractivity contribution >= 4 is 40.7 Å². The number of pyridine rings is 1. The molecule has 2 aromatic carbocycles. The molecule has 0 aliphatic rings. The van der Waals surface area contributed by atoms with Crippen molar-refractivity contribution in [2.75, 3.05) is 21.3 Å². The molecular weight excluding hydrogens is 430 g/mol. The lowest BCUT2D eigenvalue weighted by molar-refractivity contribution is -0.117. The molecule has 8 nitrogen and oxygen atoms in total. The lowest BCUT2D eigenvalue weighted by Gasteiger charge is -2.10. The van der Waals surface area contributed by atoms with Gasteiger partial charge in [0, 0.05) is 36.1 Å². The molecule has 0 bridgehead atoms. The Labute approximate surface area is 199 Å². The normalized spacial score (nSPS) is 10.4. The fraction of sp³-hybridized carbons (Fsp3) is 0.231. The van der Waals surface area contributed by atoms with Gasteiger partial charge < -0.3 is 21.3 Å². The molecule has 8 heteroatoms. The molecule has 0 fully saturated rings. The number of aromatic nitrogens is 1. The summed E-state index contributed by atoms with van der Waals surface area (Å²) in [5.41, 5.74) is 3.12. The van der Waals surface area contributed by atoms with E-state index in [9.17, 15) is 14.4 Å². The Morgan fingerprint density at radius 3 is 1.76 bits per heavy atom. The van der Waals surface area contributed by atoms with Gasteiger partial charge in [0.25, 0.3) is 0 Å². The van der Waals surface area contributed by atoms with Gasteiger partial charge in [-0.3, -0.25) is 9.59 Å². The third kappa shape index (κ3) is 8.05. The lowest BCUT2D eigenvalue weighted by Crippen LogP contribution is -2.19. The van der Waals surface area contributed by atoms with Gasteiger partial charge in [-0.05, 0) is 66.4 Å². The van der Waals surface area contributed by atoms with E-state index in [-0.39, 0.29) is 30.7 Å². The Morgan fingerprint density at radius 1 is 0.706 bits per heavy atom. The molecule has 176 valence electrons. The van der Waals surface area contributed by atoms with Crippen LogP contribution >= 0.6 is 0 Å². The van der Waals surface area contributed by atoms with Crippen LogP contribution in [0.15, 0.2) is 72.9 Å². The second-order valence-corrected chi connectivity index (χ2v) is 8.10. The zero-order chi connectivity index (χ0) is 24.3. The molecule has 3 aromatic rings. The molecule has 3 rings (SSSR count). The summed E-state index contributed by atoms with van der Waals surface area (Å²) in [6.07, 6.45) is 2.46. The van der Waals surface area contributed by atoms with Crippen LogP contribution < -0.4 is 21.3 Å². The lowest BCUT2D eigenvalue weighted by atomic mass is 10.0. The van der Waals surface area contributed by atoms with Gasteiger partial charge in [0.1, 0.15) is 5.82 Å². The van der Waals surface area contributed by atoms with Crippen LogP contribution in [0, 0.1) is 0 Å². The largest absolute Gasteiger partial charge is 0.326 e. The molecule has 0 aliphatic heterocycles. The minimum Gasteiger partial charge on any atom is -0.326 e. The number of benzene rings is 2. The van der Waals surface area contributed by atoms with Crippen LogP contribution in [0.2, 0.25) is 0 Å². The average molecular weight is 460 g/mol. The smallest absolute Gasteiger partial charge is 0.323 e. The highest BCUT2D eigenvalue weighted by Gasteiger charge is 2.08. The number of rotatable bonds is 9. The van der Waals surface area contributed by atoms with Gasteiger partial charge in [0.2, 0.25) is 11.8 Å². The van der Waals surface area contributed by atoms with Gasteiger partial charge in [0.15, 0.2) is 0 Å². The van der Waals surface area contributed by atoms with E-state index in [4.69, 9.17) is 0 Å². The summed E-state index contributed by atoms with van der Waals surface area (Å²) in [4.78, 5) is 40.3. The van der Waals surface area contributed by atoms with E-state index in [2.05, 4.69) is 40.1 Å². The summed E-state index contributed by atoms with van der Waals surface area (Å²) in [6, 6.07) is 19.5. The van der Waals surface area contributed by atoms with E-state index in [0.717, 1.165) is 0 Å². The van der Waals surface area contributed by atoms with E-state index in [0.29, 0.717) is 35.2 Å². The average Bonchev–Trinajstić information content (AvgIpc) is 2.81. The minimum atomic E-state index is -0.349. The monoisotopic (exact) mass is 459 g/mol. The summed E-state index contributed by atoms with van der Waals surface area (Å²) < 4.78 is 0. The predicted molar refractivity (Wildman–Crippen MR) is 135 cm³/mol. The fourth-order valence-corrected chi connectivity index (χ4v) is 3.16. The summed E-state index contributed by atoms with van der Waals surface area (Å²) in [6.45, 7) is 4.23. The van der Waals surface area contributed by atoms with E-state index >= 15 is 0 Å². The van der Waals surface area contributed by atoms with Gasteiger partial charge in [-0.25, -0.2) is 9.78 Å². The van der Waals surface area contributed by atoms with E-state index in [1.807, 2.05) is 24.3 Å². The fourth-order valence-electron chi connectivity index (χ4n) is 3.16. The number of nitrogens with one attached hydrogen (secondary N) is 4. The van der Waals surface area contributed by atoms with Crippen molar-refractivity contribution in [3.63, 3.8) is 0 Å². The van der Waals surface area contributed by atoms with Crippen molar-refractivity contribution in [2.24, 2.45) is 0 Å². The summed E-state index contributed by atoms with van der Waals surface area (Å²) in [5.74, 6) is 0.548. The van der Waals surface area contributed by atoms with Crippen LogP contribution in [0.5, 0.6) is 0 Å². The zero-order valence-electron chi connectivity index (χ0n) is 19.3. The highest BCUT2D eigenvalue weighted by atomic mass is 16.2. The molecule has 34 heavy (non-hydrogen) atoms. The molecule has 0 aliphatic carbocycles. The van der Waals surface area contributed by atoms with E-state index < -0.39 is 0 Å². The molecular formula is C26H29N5O3. The van der Waals surface area contributed by atoms with E-state index in [1.165, 1.54) is 5.56 Å². The van der Waals surface area contributed by atoms with Crippen LogP contribution in [-0.2, 0) is 9.59 Å². The van der Waals surface area contributed by atoms with Gasteiger partial charge in [0.05, 0.1) is 0 Å². The van der Waals surface area contributed by atoms with Crippen molar-refractivity contribution in [1.29, 1.82) is 0 Å². The first-order valence-corrected chi connectivity index (χ1v) is 11.2. The molecule has 0 radical (unpaired) electrons. The van der Waals surface area contributed by atoms with Gasteiger partial charge >= 0.3 is 6.03 Å². The van der Waals surface area contributed by atoms with Crippen molar-refractivity contribution in [3.05, 3.63) is 78.5 Å². The summed E-state index contributed by atoms with van der Waals surface area (Å²) >= 11 is 0. The Bertz CT molecular complexity index is 1100. The topological polar surface area (TPSA) is 112 Å². The zero-order valence-corrected chi connectivity index (χ0v) is 19.3. The SMILES string of the molecule is CC(C)c1ccc(NC(=O)Nc2ccc(NC(=O)CCCC(=O)Nc3ccccn3)cc2)cc1. The maximum Gasteiger partial charge on any atom is 0.323 e. The Hall–Kier alpha value is -4.20. The van der Waals surface area contributed by atoms with Crippen LogP contribution in [0.1, 0.15) is 44.6 Å². The van der Waals surface area contributed by atoms with Crippen LogP contribution in [-0.4, -0.2) is 22.8 Å². The summed E-state index contributed by atoms with van der Waals surface area (Å²) in [5, 5.41) is 11.0. The van der Waals surface area contributed by atoms with Crippen molar-refractivity contribution in [3.8, 4) is 0 Å². The highest BCUT2D eigenvalue weighted by Crippen LogP contribution is 2.18. The van der Waals surface area contributed by atoms with Crippen LogP contribution in [0.4, 0.5) is 27.7 Å². The van der Waals surface area contributed by atoms with Gasteiger partial charge in [-0.2, -0.15) is 0 Å². The Kier molecular flexibility index (Phi) is 8.73. The number of anilines is 4. The van der Waals surface area contributed by atoms with Crippen LogP contribution in [0.3, 0.4) is 0 Å². The van der Waals surface area contributed by atoms with E-state index in [1.54, 1.807) is 48.7 Å². The molecule has 0 saturated carbocycles. The maximum absolute atomic E-state index is 12.2. The third-order valence-corrected chi connectivity index (χ3v) is 5.00. The first-order chi connectivity index (χ1) is 16.4.